The van der Waals surface area contributed by atoms with Gasteiger partial charge in [-0.05, 0) is 61.7 Å². The molecule has 4 rings (SSSR count). The SMILES string of the molecule is COCC1(CCCc2ccn(-c3ccccc3)n2)CNCCN1c1ccc(F)cc1. The monoisotopic (exact) mass is 408 g/mol. The predicted octanol–water partition coefficient (Wildman–Crippen LogP) is 3.83. The lowest BCUT2D eigenvalue weighted by Crippen LogP contribution is -2.64. The van der Waals surface area contributed by atoms with Crippen molar-refractivity contribution in [3.05, 3.63) is 78.4 Å². The number of para-hydroxylation sites is 1. The highest BCUT2D eigenvalue weighted by Crippen LogP contribution is 2.31. The number of halogens is 1. The number of aryl methyl sites for hydroxylation is 1. The van der Waals surface area contributed by atoms with Crippen LogP contribution in [0.3, 0.4) is 0 Å². The van der Waals surface area contributed by atoms with Crippen molar-refractivity contribution in [1.29, 1.82) is 0 Å². The highest BCUT2D eigenvalue weighted by atomic mass is 19.1. The molecule has 2 aromatic carbocycles. The molecule has 1 saturated heterocycles. The van der Waals surface area contributed by atoms with Gasteiger partial charge in [-0.1, -0.05) is 18.2 Å². The molecule has 30 heavy (non-hydrogen) atoms. The van der Waals surface area contributed by atoms with Gasteiger partial charge in [-0.15, -0.1) is 0 Å². The topological polar surface area (TPSA) is 42.3 Å². The van der Waals surface area contributed by atoms with E-state index in [1.165, 1.54) is 12.1 Å². The zero-order chi connectivity index (χ0) is 20.8. The van der Waals surface area contributed by atoms with E-state index >= 15 is 0 Å². The van der Waals surface area contributed by atoms with Crippen molar-refractivity contribution in [2.75, 3.05) is 38.3 Å². The molecule has 2 heterocycles. The van der Waals surface area contributed by atoms with E-state index in [-0.39, 0.29) is 11.4 Å². The smallest absolute Gasteiger partial charge is 0.123 e. The Kier molecular flexibility index (Phi) is 6.45. The van der Waals surface area contributed by atoms with Crippen LogP contribution in [-0.4, -0.2) is 48.7 Å². The van der Waals surface area contributed by atoms with E-state index in [1.807, 2.05) is 41.2 Å². The molecule has 1 atom stereocenters. The number of nitrogens with zero attached hydrogens (tertiary/aromatic N) is 3. The summed E-state index contributed by atoms with van der Waals surface area (Å²) in [5, 5.41) is 8.26. The van der Waals surface area contributed by atoms with Gasteiger partial charge in [-0.2, -0.15) is 5.10 Å². The molecule has 5 nitrogen and oxygen atoms in total. The second-order valence-electron chi connectivity index (χ2n) is 7.90. The van der Waals surface area contributed by atoms with E-state index in [9.17, 15) is 4.39 Å². The minimum atomic E-state index is -0.208. The third-order valence-electron chi connectivity index (χ3n) is 5.83. The third kappa shape index (κ3) is 4.55. The Labute approximate surface area is 177 Å². The zero-order valence-electron chi connectivity index (χ0n) is 17.4. The van der Waals surface area contributed by atoms with Gasteiger partial charge in [-0.25, -0.2) is 9.07 Å². The van der Waals surface area contributed by atoms with Crippen LogP contribution in [0.2, 0.25) is 0 Å². The van der Waals surface area contributed by atoms with E-state index in [1.54, 1.807) is 7.11 Å². The molecule has 1 aromatic heterocycles. The van der Waals surface area contributed by atoms with Gasteiger partial charge in [-0.3, -0.25) is 0 Å². The summed E-state index contributed by atoms with van der Waals surface area (Å²) in [7, 11) is 1.75. The number of methoxy groups -OCH3 is 1. The maximum absolute atomic E-state index is 13.4. The molecule has 0 spiro atoms. The Morgan fingerprint density at radius 1 is 1.07 bits per heavy atom. The largest absolute Gasteiger partial charge is 0.382 e. The molecule has 3 aromatic rings. The highest BCUT2D eigenvalue weighted by Gasteiger charge is 2.38. The summed E-state index contributed by atoms with van der Waals surface area (Å²) in [6, 6.07) is 19.0. The molecule has 0 saturated carbocycles. The van der Waals surface area contributed by atoms with Crippen molar-refractivity contribution in [2.24, 2.45) is 0 Å². The number of benzene rings is 2. The number of piperazine rings is 1. The number of ether oxygens (including phenoxy) is 1. The van der Waals surface area contributed by atoms with Gasteiger partial charge in [0.05, 0.1) is 23.5 Å². The average molecular weight is 409 g/mol. The Bertz CT molecular complexity index is 924. The standard InChI is InChI=1S/C24H29FN4O/c1-30-19-24(18-26-15-17-28(24)22-11-9-20(25)10-12-22)14-5-6-21-13-16-29(27-21)23-7-3-2-4-8-23/h2-4,7-13,16,26H,5-6,14-15,17-19H2,1H3. The number of hydrogen-bond acceptors (Lipinski definition) is 4. The van der Waals surface area contributed by atoms with E-state index < -0.39 is 0 Å². The summed E-state index contributed by atoms with van der Waals surface area (Å²) in [6.07, 6.45) is 4.88. The van der Waals surface area contributed by atoms with Crippen LogP contribution >= 0.6 is 0 Å². The fourth-order valence-corrected chi connectivity index (χ4v) is 4.38. The van der Waals surface area contributed by atoms with Crippen molar-refractivity contribution in [1.82, 2.24) is 15.1 Å². The van der Waals surface area contributed by atoms with Crippen LogP contribution in [0.5, 0.6) is 0 Å². The molecular formula is C24H29FN4O. The highest BCUT2D eigenvalue weighted by molar-refractivity contribution is 5.50. The first kappa shape index (κ1) is 20.6. The first-order valence-corrected chi connectivity index (χ1v) is 10.5. The normalized spacial score (nSPS) is 19.2. The van der Waals surface area contributed by atoms with Crippen molar-refractivity contribution >= 4 is 5.69 Å². The lowest BCUT2D eigenvalue weighted by Gasteiger charge is -2.49. The number of nitrogens with one attached hydrogen (secondary N) is 1. The Balaban J connectivity index is 1.46. The van der Waals surface area contributed by atoms with Crippen LogP contribution in [0, 0.1) is 5.82 Å². The quantitative estimate of drug-likeness (QED) is 0.615. The Morgan fingerprint density at radius 2 is 1.87 bits per heavy atom. The van der Waals surface area contributed by atoms with Crippen LogP contribution < -0.4 is 10.2 Å². The first-order chi connectivity index (χ1) is 14.7. The van der Waals surface area contributed by atoms with Gasteiger partial charge in [0, 0.05) is 38.6 Å². The van der Waals surface area contributed by atoms with Crippen LogP contribution in [0.25, 0.3) is 5.69 Å². The molecule has 1 unspecified atom stereocenters. The maximum atomic E-state index is 13.4. The Hall–Kier alpha value is -2.70. The summed E-state index contributed by atoms with van der Waals surface area (Å²) in [5.74, 6) is -0.208. The number of rotatable bonds is 8. The van der Waals surface area contributed by atoms with Crippen LogP contribution in [0.4, 0.5) is 10.1 Å². The van der Waals surface area contributed by atoms with Crippen molar-refractivity contribution in [3.8, 4) is 5.69 Å². The van der Waals surface area contributed by atoms with Crippen molar-refractivity contribution < 1.29 is 9.13 Å². The molecule has 1 aliphatic rings. The molecule has 0 aliphatic carbocycles. The summed E-state index contributed by atoms with van der Waals surface area (Å²) in [4.78, 5) is 2.38. The minimum absolute atomic E-state index is 0.160. The molecule has 6 heteroatoms. The average Bonchev–Trinajstić information content (AvgIpc) is 3.25. The van der Waals surface area contributed by atoms with Crippen LogP contribution in [0.1, 0.15) is 18.5 Å². The minimum Gasteiger partial charge on any atom is -0.382 e. The fourth-order valence-electron chi connectivity index (χ4n) is 4.38. The Morgan fingerprint density at radius 3 is 2.63 bits per heavy atom. The zero-order valence-corrected chi connectivity index (χ0v) is 17.4. The second kappa shape index (κ2) is 9.41. The van der Waals surface area contributed by atoms with Gasteiger partial charge in [0.15, 0.2) is 0 Å². The summed E-state index contributed by atoms with van der Waals surface area (Å²) in [5.41, 5.74) is 3.04. The lowest BCUT2D eigenvalue weighted by atomic mass is 9.88. The molecule has 158 valence electrons. The predicted molar refractivity (Wildman–Crippen MR) is 118 cm³/mol. The van der Waals surface area contributed by atoms with Gasteiger partial charge in [0.1, 0.15) is 5.82 Å². The molecular weight excluding hydrogens is 379 g/mol. The van der Waals surface area contributed by atoms with Gasteiger partial charge in [0.2, 0.25) is 0 Å². The summed E-state index contributed by atoms with van der Waals surface area (Å²) < 4.78 is 21.0. The second-order valence-corrected chi connectivity index (χ2v) is 7.90. The fraction of sp³-hybridized carbons (Fsp3) is 0.375. The van der Waals surface area contributed by atoms with Gasteiger partial charge >= 0.3 is 0 Å². The van der Waals surface area contributed by atoms with Crippen LogP contribution in [0.15, 0.2) is 66.9 Å². The van der Waals surface area contributed by atoms with Gasteiger partial charge < -0.3 is 15.0 Å². The van der Waals surface area contributed by atoms with E-state index in [0.717, 1.165) is 56.0 Å². The lowest BCUT2D eigenvalue weighted by molar-refractivity contribution is 0.110. The van der Waals surface area contributed by atoms with Crippen molar-refractivity contribution in [3.63, 3.8) is 0 Å². The van der Waals surface area contributed by atoms with E-state index in [2.05, 4.69) is 28.4 Å². The summed E-state index contributed by atoms with van der Waals surface area (Å²) >= 11 is 0. The van der Waals surface area contributed by atoms with Crippen LogP contribution in [-0.2, 0) is 11.2 Å². The summed E-state index contributed by atoms with van der Waals surface area (Å²) in [6.45, 7) is 3.24. The molecule has 0 radical (unpaired) electrons. The molecule has 0 bridgehead atoms. The van der Waals surface area contributed by atoms with Gasteiger partial charge in [0.25, 0.3) is 0 Å². The molecule has 1 N–H and O–H groups in total. The van der Waals surface area contributed by atoms with E-state index in [4.69, 9.17) is 9.84 Å². The molecule has 1 aliphatic heterocycles. The van der Waals surface area contributed by atoms with E-state index in [0.29, 0.717) is 6.61 Å². The third-order valence-corrected chi connectivity index (χ3v) is 5.83. The number of aromatic nitrogens is 2. The first-order valence-electron chi connectivity index (χ1n) is 10.5. The number of anilines is 1. The molecule has 0 amide bonds. The number of hydrogen-bond donors (Lipinski definition) is 1. The van der Waals surface area contributed by atoms with Crippen molar-refractivity contribution in [2.45, 2.75) is 24.8 Å². The maximum Gasteiger partial charge on any atom is 0.123 e. The molecule has 1 fully saturated rings.